The van der Waals surface area contributed by atoms with E-state index in [2.05, 4.69) is 70.2 Å². The second-order valence-electron chi connectivity index (χ2n) is 8.99. The van der Waals surface area contributed by atoms with Gasteiger partial charge in [0.05, 0.1) is 13.2 Å². The average Bonchev–Trinajstić information content (AvgIpc) is 2.74. The van der Waals surface area contributed by atoms with Crippen molar-refractivity contribution in [1.82, 2.24) is 0 Å². The van der Waals surface area contributed by atoms with Crippen LogP contribution in [0.5, 0.6) is 11.5 Å². The van der Waals surface area contributed by atoms with Crippen molar-refractivity contribution in [2.24, 2.45) is 11.8 Å². The normalized spacial score (nSPS) is 11.7. The van der Waals surface area contributed by atoms with E-state index in [4.69, 9.17) is 21.1 Å². The second kappa shape index (κ2) is 10.9. The maximum absolute atomic E-state index is 6.40. The minimum absolute atomic E-state index is 0.486. The first-order valence-electron chi connectivity index (χ1n) is 11.3. The molecule has 0 bridgehead atoms. The van der Waals surface area contributed by atoms with Crippen LogP contribution in [-0.2, 0) is 5.88 Å². The van der Waals surface area contributed by atoms with E-state index in [0.717, 1.165) is 64.7 Å². The summed E-state index contributed by atoms with van der Waals surface area (Å²) in [6.45, 7) is 10.5. The molecule has 0 aliphatic carbocycles. The Morgan fingerprint density at radius 3 is 1.70 bits per heavy atom. The van der Waals surface area contributed by atoms with Crippen LogP contribution in [0.2, 0.25) is 0 Å². The van der Waals surface area contributed by atoms with Crippen molar-refractivity contribution in [1.29, 1.82) is 0 Å². The van der Waals surface area contributed by atoms with E-state index in [-0.39, 0.29) is 0 Å². The van der Waals surface area contributed by atoms with Crippen LogP contribution < -0.4 is 9.47 Å². The molecular formula is C27H35ClO2. The van der Waals surface area contributed by atoms with Gasteiger partial charge < -0.3 is 9.47 Å². The highest BCUT2D eigenvalue weighted by molar-refractivity contribution is 6.17. The number of rotatable bonds is 11. The van der Waals surface area contributed by atoms with Gasteiger partial charge in [0.15, 0.2) is 0 Å². The molecule has 3 aromatic rings. The second-order valence-corrected chi connectivity index (χ2v) is 9.25. The fourth-order valence-electron chi connectivity index (χ4n) is 3.87. The fourth-order valence-corrected chi connectivity index (χ4v) is 4.04. The van der Waals surface area contributed by atoms with E-state index in [1.807, 2.05) is 0 Å². The lowest BCUT2D eigenvalue weighted by Crippen LogP contribution is -2.04. The quantitative estimate of drug-likeness (QED) is 0.174. The third kappa shape index (κ3) is 5.60. The van der Waals surface area contributed by atoms with Gasteiger partial charge in [0.2, 0.25) is 0 Å². The lowest BCUT2D eigenvalue weighted by atomic mass is 9.99. The molecule has 0 aliphatic heterocycles. The molecule has 0 fully saturated rings. The summed E-state index contributed by atoms with van der Waals surface area (Å²) in [4.78, 5) is 0. The number of halogens is 1. The zero-order valence-electron chi connectivity index (χ0n) is 18.8. The average molecular weight is 427 g/mol. The topological polar surface area (TPSA) is 18.5 Å². The molecule has 0 saturated carbocycles. The van der Waals surface area contributed by atoms with Gasteiger partial charge in [-0.25, -0.2) is 0 Å². The van der Waals surface area contributed by atoms with Gasteiger partial charge in [0.1, 0.15) is 11.5 Å². The first kappa shape index (κ1) is 22.7. The van der Waals surface area contributed by atoms with Crippen LogP contribution in [0.3, 0.4) is 0 Å². The van der Waals surface area contributed by atoms with E-state index in [1.165, 1.54) is 12.8 Å². The molecule has 3 heteroatoms. The SMILES string of the molecule is CC(C)CCCOc1c2ccccc2c(OCCCC(C)C)c2cc(CCl)ccc12. The highest BCUT2D eigenvalue weighted by Gasteiger charge is 2.16. The highest BCUT2D eigenvalue weighted by atomic mass is 35.5. The van der Waals surface area contributed by atoms with E-state index in [0.29, 0.717) is 17.7 Å². The summed E-state index contributed by atoms with van der Waals surface area (Å²) < 4.78 is 12.8. The Morgan fingerprint density at radius 1 is 0.700 bits per heavy atom. The molecule has 0 N–H and O–H groups in total. The van der Waals surface area contributed by atoms with Crippen LogP contribution in [0.25, 0.3) is 21.5 Å². The molecule has 0 atom stereocenters. The van der Waals surface area contributed by atoms with Crippen LogP contribution in [0.4, 0.5) is 0 Å². The molecule has 3 rings (SSSR count). The zero-order chi connectivity index (χ0) is 21.5. The van der Waals surface area contributed by atoms with Crippen molar-refractivity contribution in [3.05, 3.63) is 48.0 Å². The van der Waals surface area contributed by atoms with Gasteiger partial charge in [-0.1, -0.05) is 64.1 Å². The first-order valence-corrected chi connectivity index (χ1v) is 11.8. The molecule has 0 aromatic heterocycles. The van der Waals surface area contributed by atoms with Crippen molar-refractivity contribution in [2.45, 2.75) is 59.3 Å². The number of benzene rings is 3. The molecule has 0 heterocycles. The summed E-state index contributed by atoms with van der Waals surface area (Å²) in [5.74, 6) is 3.77. The van der Waals surface area contributed by atoms with Gasteiger partial charge in [0, 0.05) is 27.4 Å². The Labute approximate surface area is 186 Å². The van der Waals surface area contributed by atoms with Gasteiger partial charge >= 0.3 is 0 Å². The predicted molar refractivity (Wildman–Crippen MR) is 130 cm³/mol. The number of ether oxygens (including phenoxy) is 2. The molecule has 0 unspecified atom stereocenters. The predicted octanol–water partition coefficient (Wildman–Crippen LogP) is 8.36. The Balaban J connectivity index is 2.03. The summed E-state index contributed by atoms with van der Waals surface area (Å²) in [7, 11) is 0. The molecular weight excluding hydrogens is 392 g/mol. The van der Waals surface area contributed by atoms with E-state index in [1.54, 1.807) is 0 Å². The minimum Gasteiger partial charge on any atom is -0.492 e. The van der Waals surface area contributed by atoms with E-state index < -0.39 is 0 Å². The molecule has 0 radical (unpaired) electrons. The third-order valence-electron chi connectivity index (χ3n) is 5.49. The summed E-state index contributed by atoms with van der Waals surface area (Å²) in [6, 6.07) is 14.8. The smallest absolute Gasteiger partial charge is 0.135 e. The third-order valence-corrected chi connectivity index (χ3v) is 5.80. The van der Waals surface area contributed by atoms with Crippen molar-refractivity contribution >= 4 is 33.1 Å². The van der Waals surface area contributed by atoms with Crippen LogP contribution in [-0.4, -0.2) is 13.2 Å². The lowest BCUT2D eigenvalue weighted by molar-refractivity contribution is 0.299. The molecule has 0 aliphatic rings. The van der Waals surface area contributed by atoms with Gasteiger partial charge in [-0.05, 0) is 49.1 Å². The van der Waals surface area contributed by atoms with Crippen LogP contribution >= 0.6 is 11.6 Å². The molecule has 0 saturated heterocycles. The van der Waals surface area contributed by atoms with E-state index >= 15 is 0 Å². The fraction of sp³-hybridized carbons (Fsp3) is 0.481. The minimum atomic E-state index is 0.486. The van der Waals surface area contributed by atoms with Crippen LogP contribution in [0, 0.1) is 11.8 Å². The van der Waals surface area contributed by atoms with E-state index in [9.17, 15) is 0 Å². The van der Waals surface area contributed by atoms with Gasteiger partial charge in [0.25, 0.3) is 0 Å². The first-order chi connectivity index (χ1) is 14.5. The number of fused-ring (bicyclic) bond motifs is 2. The Bertz CT molecular complexity index is 962. The number of alkyl halides is 1. The van der Waals surface area contributed by atoms with Crippen molar-refractivity contribution in [3.63, 3.8) is 0 Å². The highest BCUT2D eigenvalue weighted by Crippen LogP contribution is 2.43. The monoisotopic (exact) mass is 426 g/mol. The lowest BCUT2D eigenvalue weighted by Gasteiger charge is -2.19. The van der Waals surface area contributed by atoms with Crippen molar-refractivity contribution in [3.8, 4) is 11.5 Å². The maximum atomic E-state index is 6.40. The van der Waals surface area contributed by atoms with Crippen molar-refractivity contribution in [2.75, 3.05) is 13.2 Å². The maximum Gasteiger partial charge on any atom is 0.135 e. The molecule has 162 valence electrons. The largest absolute Gasteiger partial charge is 0.492 e. The number of hydrogen-bond acceptors (Lipinski definition) is 2. The Kier molecular flexibility index (Phi) is 8.27. The van der Waals surface area contributed by atoms with Gasteiger partial charge in [-0.2, -0.15) is 0 Å². The molecule has 30 heavy (non-hydrogen) atoms. The Morgan fingerprint density at radius 2 is 1.20 bits per heavy atom. The summed E-state index contributed by atoms with van der Waals surface area (Å²) in [5, 5.41) is 4.42. The van der Waals surface area contributed by atoms with Gasteiger partial charge in [-0.15, -0.1) is 11.6 Å². The summed E-state index contributed by atoms with van der Waals surface area (Å²) in [5.41, 5.74) is 1.09. The Hall–Kier alpha value is -1.93. The van der Waals surface area contributed by atoms with Gasteiger partial charge in [-0.3, -0.25) is 0 Å². The van der Waals surface area contributed by atoms with Crippen molar-refractivity contribution < 1.29 is 9.47 Å². The molecule has 0 amide bonds. The summed E-state index contributed by atoms with van der Waals surface area (Å²) in [6.07, 6.45) is 4.44. The zero-order valence-corrected chi connectivity index (χ0v) is 19.6. The molecule has 0 spiro atoms. The molecule has 3 aromatic carbocycles. The van der Waals surface area contributed by atoms with Crippen LogP contribution in [0.15, 0.2) is 42.5 Å². The standard InChI is InChI=1S/C27H35ClO2/c1-19(2)9-7-15-29-26-22-11-5-6-12-23(22)27(30-16-8-10-20(3)4)25-17-21(18-28)13-14-24(25)26/h5-6,11-14,17,19-20H,7-10,15-16,18H2,1-4H3. The molecule has 2 nitrogen and oxygen atoms in total. The number of hydrogen-bond donors (Lipinski definition) is 0. The van der Waals surface area contributed by atoms with Crippen LogP contribution in [0.1, 0.15) is 58.9 Å². The summed E-state index contributed by atoms with van der Waals surface area (Å²) >= 11 is 6.16.